The van der Waals surface area contributed by atoms with Gasteiger partial charge in [0.25, 0.3) is 0 Å². The first-order valence-electron chi connectivity index (χ1n) is 6.98. The van der Waals surface area contributed by atoms with Gasteiger partial charge in [-0.1, -0.05) is 35.9 Å². The van der Waals surface area contributed by atoms with Gasteiger partial charge in [-0.05, 0) is 54.5 Å². The highest BCUT2D eigenvalue weighted by molar-refractivity contribution is 6.31. The molecule has 0 amide bonds. The molecule has 0 saturated carbocycles. The molecule has 0 saturated heterocycles. The Balaban J connectivity index is 2.00. The lowest BCUT2D eigenvalue weighted by Gasteiger charge is -2.20. The molecule has 0 radical (unpaired) electrons. The number of hydrogen-bond donors (Lipinski definition) is 1. The fourth-order valence-electron chi connectivity index (χ4n) is 2.92. The van der Waals surface area contributed by atoms with Crippen molar-refractivity contribution < 1.29 is 4.39 Å². The van der Waals surface area contributed by atoms with Crippen LogP contribution >= 0.6 is 11.6 Å². The Morgan fingerprint density at radius 2 is 1.80 bits per heavy atom. The highest BCUT2D eigenvalue weighted by atomic mass is 35.5. The van der Waals surface area contributed by atoms with Crippen molar-refractivity contribution in [2.75, 3.05) is 0 Å². The van der Waals surface area contributed by atoms with E-state index in [0.29, 0.717) is 10.6 Å². The van der Waals surface area contributed by atoms with Crippen LogP contribution in [0.3, 0.4) is 0 Å². The standard InChI is InChI=1S/C17H17ClFN/c18-14-6-3-7-15(19)16(14)17(20)13-9-8-11-4-1-2-5-12(11)10-13/h3,6-10,17H,1-2,4-5,20H2. The molecule has 3 rings (SSSR count). The number of benzene rings is 2. The molecular formula is C17H17ClFN. The predicted molar refractivity (Wildman–Crippen MR) is 80.5 cm³/mol. The van der Waals surface area contributed by atoms with Crippen molar-refractivity contribution in [1.29, 1.82) is 0 Å². The topological polar surface area (TPSA) is 26.0 Å². The Morgan fingerprint density at radius 1 is 1.05 bits per heavy atom. The normalized spacial score (nSPS) is 15.8. The summed E-state index contributed by atoms with van der Waals surface area (Å²) in [5.41, 5.74) is 10.3. The lowest BCUT2D eigenvalue weighted by Crippen LogP contribution is -2.15. The van der Waals surface area contributed by atoms with Crippen LogP contribution in [0.1, 0.15) is 41.1 Å². The van der Waals surface area contributed by atoms with Crippen molar-refractivity contribution in [3.8, 4) is 0 Å². The van der Waals surface area contributed by atoms with Crippen molar-refractivity contribution in [2.45, 2.75) is 31.7 Å². The molecule has 20 heavy (non-hydrogen) atoms. The Kier molecular flexibility index (Phi) is 3.77. The summed E-state index contributed by atoms with van der Waals surface area (Å²) in [5, 5.41) is 0.384. The molecular weight excluding hydrogens is 273 g/mol. The zero-order valence-corrected chi connectivity index (χ0v) is 12.0. The number of nitrogens with two attached hydrogens (primary N) is 1. The smallest absolute Gasteiger partial charge is 0.129 e. The van der Waals surface area contributed by atoms with Gasteiger partial charge in [-0.25, -0.2) is 4.39 Å². The highest BCUT2D eigenvalue weighted by Crippen LogP contribution is 2.31. The maximum atomic E-state index is 14.0. The summed E-state index contributed by atoms with van der Waals surface area (Å²) in [6, 6.07) is 10.4. The first-order chi connectivity index (χ1) is 9.66. The van der Waals surface area contributed by atoms with Gasteiger partial charge in [-0.15, -0.1) is 0 Å². The van der Waals surface area contributed by atoms with E-state index >= 15 is 0 Å². The Morgan fingerprint density at radius 3 is 2.55 bits per heavy atom. The molecule has 2 N–H and O–H groups in total. The second-order valence-corrected chi connectivity index (χ2v) is 5.76. The second kappa shape index (κ2) is 5.55. The van der Waals surface area contributed by atoms with E-state index in [1.165, 1.54) is 30.0 Å². The lowest BCUT2D eigenvalue weighted by molar-refractivity contribution is 0.599. The molecule has 0 heterocycles. The third-order valence-corrected chi connectivity index (χ3v) is 4.37. The van der Waals surface area contributed by atoms with Crippen LogP contribution in [-0.4, -0.2) is 0 Å². The van der Waals surface area contributed by atoms with E-state index in [2.05, 4.69) is 12.1 Å². The van der Waals surface area contributed by atoms with Crippen molar-refractivity contribution in [3.05, 3.63) is 69.5 Å². The molecule has 0 bridgehead atoms. The SMILES string of the molecule is NC(c1ccc2c(c1)CCCC2)c1c(F)cccc1Cl. The van der Waals surface area contributed by atoms with Crippen molar-refractivity contribution >= 4 is 11.6 Å². The van der Waals surface area contributed by atoms with Crippen molar-refractivity contribution in [2.24, 2.45) is 5.73 Å². The first-order valence-corrected chi connectivity index (χ1v) is 7.36. The molecule has 1 nitrogen and oxygen atoms in total. The molecule has 0 aromatic heterocycles. The summed E-state index contributed by atoms with van der Waals surface area (Å²) >= 11 is 6.10. The van der Waals surface area contributed by atoms with Crippen LogP contribution in [0.15, 0.2) is 36.4 Å². The molecule has 0 aliphatic heterocycles. The Bertz CT molecular complexity index is 619. The number of fused-ring (bicyclic) bond motifs is 1. The summed E-state index contributed by atoms with van der Waals surface area (Å²) in [5.74, 6) is -0.345. The summed E-state index contributed by atoms with van der Waals surface area (Å²) in [6.07, 6.45) is 4.68. The van der Waals surface area contributed by atoms with Crippen LogP contribution in [0.4, 0.5) is 4.39 Å². The summed E-state index contributed by atoms with van der Waals surface area (Å²) < 4.78 is 14.0. The van der Waals surface area contributed by atoms with Gasteiger partial charge < -0.3 is 5.73 Å². The zero-order chi connectivity index (χ0) is 14.1. The van der Waals surface area contributed by atoms with Gasteiger partial charge in [0.2, 0.25) is 0 Å². The quantitative estimate of drug-likeness (QED) is 0.871. The average Bonchev–Trinajstić information content (AvgIpc) is 2.46. The molecule has 2 aromatic rings. The first kappa shape index (κ1) is 13.6. The third-order valence-electron chi connectivity index (χ3n) is 4.04. The van der Waals surface area contributed by atoms with E-state index < -0.39 is 6.04 Å². The molecule has 0 fully saturated rings. The van der Waals surface area contributed by atoms with Crippen molar-refractivity contribution in [3.63, 3.8) is 0 Å². The molecule has 1 aliphatic carbocycles. The fourth-order valence-corrected chi connectivity index (χ4v) is 3.20. The molecule has 1 unspecified atom stereocenters. The minimum atomic E-state index is -0.518. The molecule has 104 valence electrons. The van der Waals surface area contributed by atoms with Crippen LogP contribution in [0.2, 0.25) is 5.02 Å². The van der Waals surface area contributed by atoms with E-state index in [-0.39, 0.29) is 5.82 Å². The van der Waals surface area contributed by atoms with E-state index in [9.17, 15) is 4.39 Å². The Labute approximate surface area is 123 Å². The van der Waals surface area contributed by atoms with Crippen LogP contribution in [0.5, 0.6) is 0 Å². The zero-order valence-electron chi connectivity index (χ0n) is 11.2. The molecule has 1 aliphatic rings. The number of hydrogen-bond acceptors (Lipinski definition) is 1. The fraction of sp³-hybridized carbons (Fsp3) is 0.294. The minimum Gasteiger partial charge on any atom is -0.320 e. The van der Waals surface area contributed by atoms with Gasteiger partial charge in [0.1, 0.15) is 5.82 Å². The van der Waals surface area contributed by atoms with Gasteiger partial charge in [0.15, 0.2) is 0 Å². The van der Waals surface area contributed by atoms with Gasteiger partial charge in [0.05, 0.1) is 6.04 Å². The minimum absolute atomic E-state index is 0.345. The highest BCUT2D eigenvalue weighted by Gasteiger charge is 2.19. The predicted octanol–water partition coefficient (Wildman–Crippen LogP) is 4.41. The van der Waals surface area contributed by atoms with E-state index in [4.69, 9.17) is 17.3 Å². The van der Waals surface area contributed by atoms with Crippen LogP contribution in [0, 0.1) is 5.82 Å². The van der Waals surface area contributed by atoms with E-state index in [0.717, 1.165) is 18.4 Å². The molecule has 0 spiro atoms. The average molecular weight is 290 g/mol. The van der Waals surface area contributed by atoms with Gasteiger partial charge in [0, 0.05) is 10.6 Å². The maximum Gasteiger partial charge on any atom is 0.129 e. The summed E-state index contributed by atoms with van der Waals surface area (Å²) in [4.78, 5) is 0. The van der Waals surface area contributed by atoms with Crippen molar-refractivity contribution in [1.82, 2.24) is 0 Å². The molecule has 1 atom stereocenters. The van der Waals surface area contributed by atoms with E-state index in [1.807, 2.05) is 6.07 Å². The monoisotopic (exact) mass is 289 g/mol. The maximum absolute atomic E-state index is 14.0. The second-order valence-electron chi connectivity index (χ2n) is 5.35. The van der Waals surface area contributed by atoms with Gasteiger partial charge in [-0.3, -0.25) is 0 Å². The van der Waals surface area contributed by atoms with Gasteiger partial charge >= 0.3 is 0 Å². The van der Waals surface area contributed by atoms with Crippen LogP contribution in [0.25, 0.3) is 0 Å². The molecule has 2 aromatic carbocycles. The third kappa shape index (κ3) is 2.46. The number of halogens is 2. The summed E-state index contributed by atoms with van der Waals surface area (Å²) in [6.45, 7) is 0. The Hall–Kier alpha value is -1.38. The lowest BCUT2D eigenvalue weighted by atomic mass is 9.88. The molecule has 3 heteroatoms. The van der Waals surface area contributed by atoms with Gasteiger partial charge in [-0.2, -0.15) is 0 Å². The van der Waals surface area contributed by atoms with Crippen LogP contribution < -0.4 is 5.73 Å². The largest absolute Gasteiger partial charge is 0.320 e. The summed E-state index contributed by atoms with van der Waals surface area (Å²) in [7, 11) is 0. The number of rotatable bonds is 2. The number of aryl methyl sites for hydroxylation is 2. The van der Waals surface area contributed by atoms with E-state index in [1.54, 1.807) is 12.1 Å². The van der Waals surface area contributed by atoms with Crippen LogP contribution in [-0.2, 0) is 12.8 Å².